The van der Waals surface area contributed by atoms with Gasteiger partial charge in [0.2, 0.25) is 5.91 Å². The first-order valence-corrected chi connectivity index (χ1v) is 10.9. The molecular weight excluding hydrogens is 409 g/mol. The summed E-state index contributed by atoms with van der Waals surface area (Å²) >= 11 is 6.17. The Labute approximate surface area is 178 Å². The van der Waals surface area contributed by atoms with Crippen LogP contribution < -0.4 is 10.2 Å². The number of carbonyl (C=O) groups is 2. The Balaban J connectivity index is 1.20. The molecule has 1 saturated heterocycles. The molecule has 1 aromatic heterocycles. The molecule has 1 aromatic carbocycles. The van der Waals surface area contributed by atoms with Crippen LogP contribution in [0, 0.1) is 11.2 Å². The Kier molecular flexibility index (Phi) is 4.81. The molecule has 30 heavy (non-hydrogen) atoms. The van der Waals surface area contributed by atoms with Crippen molar-refractivity contribution in [2.45, 2.75) is 56.9 Å². The molecule has 3 fully saturated rings. The van der Waals surface area contributed by atoms with E-state index in [0.29, 0.717) is 36.7 Å². The van der Waals surface area contributed by atoms with E-state index in [2.05, 4.69) is 10.5 Å². The van der Waals surface area contributed by atoms with Gasteiger partial charge in [-0.15, -0.1) is 0 Å². The smallest absolute Gasteiger partial charge is 0.273 e. The number of nitrogens with zero attached hydrogens (tertiary/aromatic N) is 2. The molecule has 2 aliphatic carbocycles. The van der Waals surface area contributed by atoms with Crippen LogP contribution in [0.4, 0.5) is 10.1 Å². The van der Waals surface area contributed by atoms with Crippen LogP contribution in [0.1, 0.15) is 67.1 Å². The molecule has 3 aliphatic rings. The maximum absolute atomic E-state index is 13.4. The van der Waals surface area contributed by atoms with Crippen LogP contribution in [0.2, 0.25) is 5.02 Å². The van der Waals surface area contributed by atoms with Crippen LogP contribution in [0.3, 0.4) is 0 Å². The van der Waals surface area contributed by atoms with Gasteiger partial charge in [-0.1, -0.05) is 16.8 Å². The molecule has 1 spiro atoms. The van der Waals surface area contributed by atoms with Crippen LogP contribution in [0.25, 0.3) is 0 Å². The third kappa shape index (κ3) is 3.49. The predicted molar refractivity (Wildman–Crippen MR) is 109 cm³/mol. The first kappa shape index (κ1) is 19.5. The normalized spacial score (nSPS) is 26.4. The number of anilines is 1. The van der Waals surface area contributed by atoms with E-state index < -0.39 is 11.2 Å². The predicted octanol–water partition coefficient (Wildman–Crippen LogP) is 4.44. The summed E-state index contributed by atoms with van der Waals surface area (Å²) in [7, 11) is 0. The minimum Gasteiger partial charge on any atom is -0.360 e. The highest BCUT2D eigenvalue weighted by Gasteiger charge is 2.49. The van der Waals surface area contributed by atoms with Crippen molar-refractivity contribution in [3.8, 4) is 0 Å². The fraction of sp³-hybridized carbons (Fsp3) is 0.500. The lowest BCUT2D eigenvalue weighted by atomic mass is 9.71. The Hall–Kier alpha value is -2.41. The van der Waals surface area contributed by atoms with Crippen molar-refractivity contribution in [1.29, 1.82) is 0 Å². The summed E-state index contributed by atoms with van der Waals surface area (Å²) in [6.45, 7) is 0.574. The lowest BCUT2D eigenvalue weighted by molar-refractivity contribution is -0.127. The highest BCUT2D eigenvalue weighted by molar-refractivity contribution is 6.34. The average Bonchev–Trinajstić information content (AvgIpc) is 3.38. The van der Waals surface area contributed by atoms with Gasteiger partial charge in [0, 0.05) is 24.6 Å². The molecule has 0 unspecified atom stereocenters. The molecule has 2 saturated carbocycles. The molecule has 6 nitrogen and oxygen atoms in total. The summed E-state index contributed by atoms with van der Waals surface area (Å²) < 4.78 is 18.6. The van der Waals surface area contributed by atoms with Gasteiger partial charge >= 0.3 is 0 Å². The number of hydrogen-bond donors (Lipinski definition) is 1. The first-order valence-electron chi connectivity index (χ1n) is 10.5. The van der Waals surface area contributed by atoms with Gasteiger partial charge in [-0.2, -0.15) is 0 Å². The van der Waals surface area contributed by atoms with Gasteiger partial charge in [0.05, 0.1) is 16.1 Å². The van der Waals surface area contributed by atoms with Gasteiger partial charge in [-0.3, -0.25) is 9.59 Å². The SMILES string of the molecule is O=C(NC1CCC2(CC1)CCN(c1ccc(F)cc1Cl)C2=O)c1cc(C2CC2)on1. The van der Waals surface area contributed by atoms with E-state index in [-0.39, 0.29) is 22.9 Å². The van der Waals surface area contributed by atoms with Crippen molar-refractivity contribution in [2.24, 2.45) is 5.41 Å². The van der Waals surface area contributed by atoms with Crippen molar-refractivity contribution in [3.63, 3.8) is 0 Å². The molecule has 2 heterocycles. The molecule has 2 amide bonds. The molecular formula is C22H23ClFN3O3. The second-order valence-corrected chi connectivity index (χ2v) is 9.13. The third-order valence-corrected chi connectivity index (χ3v) is 7.03. The van der Waals surface area contributed by atoms with Crippen LogP contribution in [0.5, 0.6) is 0 Å². The maximum atomic E-state index is 13.4. The zero-order valence-corrected chi connectivity index (χ0v) is 17.3. The van der Waals surface area contributed by atoms with E-state index in [4.69, 9.17) is 16.1 Å². The molecule has 8 heteroatoms. The summed E-state index contributed by atoms with van der Waals surface area (Å²) in [5.41, 5.74) is 0.463. The van der Waals surface area contributed by atoms with Crippen LogP contribution in [0.15, 0.2) is 28.8 Å². The second-order valence-electron chi connectivity index (χ2n) is 8.72. The molecule has 2 aromatic rings. The Morgan fingerprint density at radius 2 is 1.97 bits per heavy atom. The summed E-state index contributed by atoms with van der Waals surface area (Å²) in [5.74, 6) is 0.617. The second kappa shape index (κ2) is 7.38. The third-order valence-electron chi connectivity index (χ3n) is 6.73. The van der Waals surface area contributed by atoms with E-state index in [1.165, 1.54) is 12.1 Å². The Morgan fingerprint density at radius 1 is 1.20 bits per heavy atom. The molecule has 0 radical (unpaired) electrons. The van der Waals surface area contributed by atoms with Crippen LogP contribution in [-0.4, -0.2) is 29.6 Å². The molecule has 158 valence electrons. The number of amides is 2. The standard InChI is InChI=1S/C22H23ClFN3O3/c23-16-11-14(24)3-4-18(16)27-10-9-22(21(27)29)7-5-15(6-8-22)25-20(28)17-12-19(30-26-17)13-1-2-13/h3-4,11-13,15H,1-2,5-10H2,(H,25,28). The topological polar surface area (TPSA) is 75.4 Å². The van der Waals surface area contributed by atoms with Gasteiger partial charge in [-0.05, 0) is 63.1 Å². The highest BCUT2D eigenvalue weighted by Crippen LogP contribution is 2.47. The lowest BCUT2D eigenvalue weighted by Gasteiger charge is -2.36. The van der Waals surface area contributed by atoms with Gasteiger partial charge in [0.1, 0.15) is 11.6 Å². The van der Waals surface area contributed by atoms with Crippen molar-refractivity contribution in [3.05, 3.63) is 46.6 Å². The number of carbonyl (C=O) groups excluding carboxylic acids is 2. The van der Waals surface area contributed by atoms with Crippen molar-refractivity contribution in [1.82, 2.24) is 10.5 Å². The number of rotatable bonds is 4. The van der Waals surface area contributed by atoms with Crippen molar-refractivity contribution in [2.75, 3.05) is 11.4 Å². The highest BCUT2D eigenvalue weighted by atomic mass is 35.5. The zero-order chi connectivity index (χ0) is 20.9. The fourth-order valence-corrected chi connectivity index (χ4v) is 5.01. The molecule has 5 rings (SSSR count). The quantitative estimate of drug-likeness (QED) is 0.776. The Morgan fingerprint density at radius 3 is 2.67 bits per heavy atom. The minimum atomic E-state index is -0.425. The molecule has 0 bridgehead atoms. The largest absolute Gasteiger partial charge is 0.360 e. The number of aromatic nitrogens is 1. The summed E-state index contributed by atoms with van der Waals surface area (Å²) in [6, 6.07) is 5.88. The van der Waals surface area contributed by atoms with Gasteiger partial charge < -0.3 is 14.7 Å². The number of halogens is 2. The van der Waals surface area contributed by atoms with E-state index >= 15 is 0 Å². The zero-order valence-electron chi connectivity index (χ0n) is 16.5. The summed E-state index contributed by atoms with van der Waals surface area (Å²) in [5, 5.41) is 7.18. The first-order chi connectivity index (χ1) is 14.4. The average molecular weight is 432 g/mol. The number of nitrogens with one attached hydrogen (secondary N) is 1. The van der Waals surface area contributed by atoms with Crippen molar-refractivity contribution >= 4 is 29.1 Å². The van der Waals surface area contributed by atoms with E-state index in [1.54, 1.807) is 17.0 Å². The maximum Gasteiger partial charge on any atom is 0.273 e. The van der Waals surface area contributed by atoms with Gasteiger partial charge in [0.15, 0.2) is 5.69 Å². The van der Waals surface area contributed by atoms with E-state index in [0.717, 1.165) is 37.9 Å². The lowest BCUT2D eigenvalue weighted by Crippen LogP contribution is -2.44. The van der Waals surface area contributed by atoms with Gasteiger partial charge in [0.25, 0.3) is 5.91 Å². The molecule has 1 N–H and O–H groups in total. The summed E-state index contributed by atoms with van der Waals surface area (Å²) in [6.07, 6.45) is 5.81. The van der Waals surface area contributed by atoms with E-state index in [9.17, 15) is 14.0 Å². The van der Waals surface area contributed by atoms with Gasteiger partial charge in [-0.25, -0.2) is 4.39 Å². The monoisotopic (exact) mass is 431 g/mol. The minimum absolute atomic E-state index is 0.0143. The molecule has 0 atom stereocenters. The number of benzene rings is 1. The molecule has 1 aliphatic heterocycles. The number of hydrogen-bond acceptors (Lipinski definition) is 4. The Bertz CT molecular complexity index is 995. The van der Waals surface area contributed by atoms with E-state index in [1.807, 2.05) is 0 Å². The summed E-state index contributed by atoms with van der Waals surface area (Å²) in [4.78, 5) is 27.4. The van der Waals surface area contributed by atoms with Crippen molar-refractivity contribution < 1.29 is 18.5 Å². The fourth-order valence-electron chi connectivity index (χ4n) is 4.75. The van der Waals surface area contributed by atoms with Crippen LogP contribution in [-0.2, 0) is 4.79 Å². The van der Waals surface area contributed by atoms with Crippen LogP contribution >= 0.6 is 11.6 Å².